The molecule has 0 radical (unpaired) electrons. The maximum Gasteiger partial charge on any atom is 0.106 e. The number of nitrogens with two attached hydrogens (primary N) is 1. The topological polar surface area (TPSA) is 66.5 Å². The number of nitrogen functional groups attached to an aromatic ring is 1. The van der Waals surface area contributed by atoms with Gasteiger partial charge in [-0.3, -0.25) is 0 Å². The maximum atomic E-state index is 9.74. The fourth-order valence-electron chi connectivity index (χ4n) is 1.28. The van der Waals surface area contributed by atoms with Gasteiger partial charge >= 0.3 is 0 Å². The van der Waals surface area contributed by atoms with E-state index in [1.54, 1.807) is 12.1 Å². The molecule has 1 aromatic rings. The maximum absolute atomic E-state index is 9.74. The van der Waals surface area contributed by atoms with Crippen LogP contribution < -0.4 is 5.73 Å². The van der Waals surface area contributed by atoms with E-state index in [4.69, 9.17) is 5.73 Å². The molecule has 2 unspecified atom stereocenters. The number of hydrogen-bond acceptors (Lipinski definition) is 4. The third-order valence-corrected chi connectivity index (χ3v) is 2.55. The fourth-order valence-corrected chi connectivity index (χ4v) is 1.48. The van der Waals surface area contributed by atoms with Crippen LogP contribution >= 0.6 is 12.6 Å². The molecule has 78 valence electrons. The van der Waals surface area contributed by atoms with Gasteiger partial charge in [-0.05, 0) is 30.2 Å². The Morgan fingerprint density at radius 1 is 1.43 bits per heavy atom. The molecule has 0 spiro atoms. The summed E-state index contributed by atoms with van der Waals surface area (Å²) in [7, 11) is 0. The van der Waals surface area contributed by atoms with Crippen molar-refractivity contribution in [3.8, 4) is 0 Å². The Labute approximate surface area is 89.0 Å². The highest BCUT2D eigenvalue weighted by atomic mass is 32.1. The van der Waals surface area contributed by atoms with Gasteiger partial charge in [-0.1, -0.05) is 6.07 Å². The molecule has 4 heteroatoms. The lowest BCUT2D eigenvalue weighted by atomic mass is 9.99. The van der Waals surface area contributed by atoms with Gasteiger partial charge in [0.05, 0.1) is 6.10 Å². The number of aliphatic hydroxyl groups excluding tert-OH is 2. The Hall–Kier alpha value is -0.710. The standard InChI is InChI=1S/C10H15NO2S/c1-6-2-3-7(11)4-8(6)10(13)9(12)5-14/h2-4,9-10,12-14H,5,11H2,1H3. The molecule has 1 aromatic carbocycles. The monoisotopic (exact) mass is 213 g/mol. The van der Waals surface area contributed by atoms with Crippen LogP contribution in [-0.2, 0) is 0 Å². The molecule has 0 aromatic heterocycles. The minimum absolute atomic E-state index is 0.218. The van der Waals surface area contributed by atoms with Gasteiger partial charge in [-0.25, -0.2) is 0 Å². The molecule has 0 aliphatic carbocycles. The summed E-state index contributed by atoms with van der Waals surface area (Å²) in [5, 5.41) is 19.2. The second kappa shape index (κ2) is 4.68. The number of aryl methyl sites for hydroxylation is 1. The number of aliphatic hydroxyl groups is 2. The van der Waals surface area contributed by atoms with Crippen LogP contribution in [0.1, 0.15) is 17.2 Å². The quantitative estimate of drug-likeness (QED) is 0.445. The summed E-state index contributed by atoms with van der Waals surface area (Å²) in [5.41, 5.74) is 7.74. The van der Waals surface area contributed by atoms with Gasteiger partial charge in [0.15, 0.2) is 0 Å². The van der Waals surface area contributed by atoms with Crippen LogP contribution in [0.4, 0.5) is 5.69 Å². The van der Waals surface area contributed by atoms with Crippen LogP contribution in [0.3, 0.4) is 0 Å². The number of thiol groups is 1. The molecular weight excluding hydrogens is 198 g/mol. The first-order valence-electron chi connectivity index (χ1n) is 4.39. The first kappa shape index (κ1) is 11.4. The van der Waals surface area contributed by atoms with E-state index >= 15 is 0 Å². The highest BCUT2D eigenvalue weighted by molar-refractivity contribution is 7.80. The van der Waals surface area contributed by atoms with Crippen molar-refractivity contribution in [2.24, 2.45) is 0 Å². The van der Waals surface area contributed by atoms with Crippen LogP contribution in [-0.4, -0.2) is 22.1 Å². The van der Waals surface area contributed by atoms with Crippen LogP contribution in [0.2, 0.25) is 0 Å². The number of anilines is 1. The van der Waals surface area contributed by atoms with E-state index in [2.05, 4.69) is 12.6 Å². The van der Waals surface area contributed by atoms with Crippen molar-refractivity contribution >= 4 is 18.3 Å². The third-order valence-electron chi connectivity index (χ3n) is 2.17. The molecule has 0 saturated carbocycles. The molecule has 0 aliphatic heterocycles. The summed E-state index contributed by atoms with van der Waals surface area (Å²) < 4.78 is 0. The fraction of sp³-hybridized carbons (Fsp3) is 0.400. The second-order valence-corrected chi connectivity index (χ2v) is 3.68. The predicted octanol–water partition coefficient (Wildman–Crippen LogP) is 0.901. The number of hydrogen-bond donors (Lipinski definition) is 4. The van der Waals surface area contributed by atoms with Gasteiger partial charge in [0, 0.05) is 11.4 Å². The van der Waals surface area contributed by atoms with Crippen molar-refractivity contribution in [3.63, 3.8) is 0 Å². The third kappa shape index (κ3) is 2.41. The summed E-state index contributed by atoms with van der Waals surface area (Å²) in [6.45, 7) is 1.86. The Morgan fingerprint density at radius 3 is 2.64 bits per heavy atom. The van der Waals surface area contributed by atoms with Gasteiger partial charge in [0.2, 0.25) is 0 Å². The van der Waals surface area contributed by atoms with Crippen molar-refractivity contribution in [2.45, 2.75) is 19.1 Å². The van der Waals surface area contributed by atoms with Crippen LogP contribution in [0.5, 0.6) is 0 Å². The highest BCUT2D eigenvalue weighted by Crippen LogP contribution is 2.23. The first-order valence-corrected chi connectivity index (χ1v) is 5.02. The lowest BCUT2D eigenvalue weighted by Gasteiger charge is -2.18. The zero-order chi connectivity index (χ0) is 10.7. The van der Waals surface area contributed by atoms with Crippen molar-refractivity contribution < 1.29 is 10.2 Å². The molecular formula is C10H15NO2S. The minimum Gasteiger partial charge on any atom is -0.399 e. The highest BCUT2D eigenvalue weighted by Gasteiger charge is 2.18. The molecule has 2 atom stereocenters. The predicted molar refractivity (Wildman–Crippen MR) is 60.4 cm³/mol. The first-order chi connectivity index (χ1) is 6.56. The number of rotatable bonds is 3. The van der Waals surface area contributed by atoms with Crippen molar-refractivity contribution in [3.05, 3.63) is 29.3 Å². The zero-order valence-corrected chi connectivity index (χ0v) is 8.91. The van der Waals surface area contributed by atoms with E-state index in [1.165, 1.54) is 0 Å². The summed E-state index contributed by atoms with van der Waals surface area (Å²) in [6.07, 6.45) is -1.78. The van der Waals surface area contributed by atoms with Gasteiger partial charge < -0.3 is 15.9 Å². The lowest BCUT2D eigenvalue weighted by molar-refractivity contribution is 0.0334. The van der Waals surface area contributed by atoms with E-state index < -0.39 is 12.2 Å². The van der Waals surface area contributed by atoms with E-state index in [0.29, 0.717) is 11.3 Å². The average Bonchev–Trinajstić information content (AvgIpc) is 2.19. The largest absolute Gasteiger partial charge is 0.399 e. The van der Waals surface area contributed by atoms with Crippen molar-refractivity contribution in [1.82, 2.24) is 0 Å². The van der Waals surface area contributed by atoms with E-state index in [0.717, 1.165) is 5.56 Å². The van der Waals surface area contributed by atoms with E-state index in [1.807, 2.05) is 13.0 Å². The zero-order valence-electron chi connectivity index (χ0n) is 8.01. The summed E-state index contributed by atoms with van der Waals surface area (Å²) >= 11 is 3.92. The van der Waals surface area contributed by atoms with E-state index in [9.17, 15) is 10.2 Å². The Morgan fingerprint density at radius 2 is 2.07 bits per heavy atom. The summed E-state index contributed by atoms with van der Waals surface area (Å²) in [4.78, 5) is 0. The smallest absolute Gasteiger partial charge is 0.106 e. The Kier molecular flexibility index (Phi) is 3.80. The molecule has 0 aliphatic rings. The van der Waals surface area contributed by atoms with Crippen LogP contribution in [0.15, 0.2) is 18.2 Å². The summed E-state index contributed by atoms with van der Waals surface area (Å²) in [5.74, 6) is 0.218. The Balaban J connectivity index is 2.99. The SMILES string of the molecule is Cc1ccc(N)cc1C(O)C(O)CS. The molecule has 0 heterocycles. The van der Waals surface area contributed by atoms with Crippen molar-refractivity contribution in [2.75, 3.05) is 11.5 Å². The van der Waals surface area contributed by atoms with Gasteiger partial charge in [0.1, 0.15) is 6.10 Å². The molecule has 0 bridgehead atoms. The molecule has 0 saturated heterocycles. The molecule has 1 rings (SSSR count). The van der Waals surface area contributed by atoms with Gasteiger partial charge in [-0.15, -0.1) is 0 Å². The number of benzene rings is 1. The molecule has 4 N–H and O–H groups in total. The summed E-state index contributed by atoms with van der Waals surface area (Å²) in [6, 6.07) is 5.25. The van der Waals surface area contributed by atoms with E-state index in [-0.39, 0.29) is 5.75 Å². The average molecular weight is 213 g/mol. The van der Waals surface area contributed by atoms with Gasteiger partial charge in [0.25, 0.3) is 0 Å². The lowest BCUT2D eigenvalue weighted by Crippen LogP contribution is -2.20. The normalized spacial score (nSPS) is 15.1. The molecule has 14 heavy (non-hydrogen) atoms. The minimum atomic E-state index is -0.920. The molecule has 3 nitrogen and oxygen atoms in total. The molecule has 0 amide bonds. The Bertz CT molecular complexity index is 317. The van der Waals surface area contributed by atoms with Crippen LogP contribution in [0.25, 0.3) is 0 Å². The second-order valence-electron chi connectivity index (χ2n) is 3.31. The van der Waals surface area contributed by atoms with Crippen molar-refractivity contribution in [1.29, 1.82) is 0 Å². The molecule has 0 fully saturated rings. The van der Waals surface area contributed by atoms with Crippen LogP contribution in [0, 0.1) is 6.92 Å². The van der Waals surface area contributed by atoms with Gasteiger partial charge in [-0.2, -0.15) is 12.6 Å².